The van der Waals surface area contributed by atoms with E-state index in [-0.39, 0.29) is 24.1 Å². The Morgan fingerprint density at radius 2 is 1.86 bits per heavy atom. The van der Waals surface area contributed by atoms with Gasteiger partial charge in [0.15, 0.2) is 17.8 Å². The number of para-hydroxylation sites is 1. The lowest BCUT2D eigenvalue weighted by Crippen LogP contribution is -2.37. The van der Waals surface area contributed by atoms with Crippen LogP contribution < -0.4 is 5.69 Å². The second-order valence-electron chi connectivity index (χ2n) is 10.9. The average Bonchev–Trinajstić information content (AvgIpc) is 3.76. The summed E-state index contributed by atoms with van der Waals surface area (Å²) >= 11 is 5.95. The fourth-order valence-electron chi connectivity index (χ4n) is 5.78. The van der Waals surface area contributed by atoms with Gasteiger partial charge in [-0.3, -0.25) is 9.36 Å². The first kappa shape index (κ1) is 29.1. The van der Waals surface area contributed by atoms with Gasteiger partial charge in [0.25, 0.3) is 5.91 Å². The predicted octanol–water partition coefficient (Wildman–Crippen LogP) is 2.69. The minimum absolute atomic E-state index is 0.0821. The van der Waals surface area contributed by atoms with E-state index in [1.54, 1.807) is 24.3 Å². The molecule has 226 valence electrons. The number of aliphatic hydroxyl groups is 1. The molecule has 2 fully saturated rings. The number of amides is 1. The molecule has 6 rings (SSSR count). The van der Waals surface area contributed by atoms with Crippen molar-refractivity contribution >= 4 is 17.5 Å². The molecule has 2 unspecified atom stereocenters. The third-order valence-electron chi connectivity index (χ3n) is 8.08. The Morgan fingerprint density at radius 1 is 1.12 bits per heavy atom. The molecule has 2 aromatic heterocycles. The Bertz CT molecular complexity index is 1700. The molecule has 2 saturated heterocycles. The van der Waals surface area contributed by atoms with Gasteiger partial charge in [-0.25, -0.2) is 19.1 Å². The molecule has 43 heavy (non-hydrogen) atoms. The number of benzene rings is 2. The van der Waals surface area contributed by atoms with E-state index in [1.165, 1.54) is 35.3 Å². The number of hydrogen-bond donors (Lipinski definition) is 1. The van der Waals surface area contributed by atoms with Crippen LogP contribution in [0.3, 0.4) is 0 Å². The Labute approximate surface area is 248 Å². The number of nitrogens with zero attached hydrogens (tertiary/aromatic N) is 8. The van der Waals surface area contributed by atoms with Crippen molar-refractivity contribution in [2.45, 2.75) is 37.8 Å². The molecule has 0 bridgehead atoms. The molecule has 0 radical (unpaired) electrons. The first-order valence-corrected chi connectivity index (χ1v) is 14.0. The summed E-state index contributed by atoms with van der Waals surface area (Å²) in [4.78, 5) is 35.2. The molecular formula is C28H28ClF3N8O3. The minimum atomic E-state index is -4.94. The molecule has 0 saturated carbocycles. The third kappa shape index (κ3) is 5.69. The number of rotatable bonds is 7. The van der Waals surface area contributed by atoms with E-state index in [4.69, 9.17) is 11.6 Å². The fourth-order valence-corrected chi connectivity index (χ4v) is 5.91. The smallest absolute Gasteiger partial charge is 0.382 e. The number of aromatic nitrogens is 6. The van der Waals surface area contributed by atoms with Crippen LogP contribution in [0.1, 0.15) is 22.6 Å². The second-order valence-corrected chi connectivity index (χ2v) is 11.3. The van der Waals surface area contributed by atoms with E-state index in [9.17, 15) is 27.9 Å². The number of hydrogen-bond acceptors (Lipinski definition) is 7. The lowest BCUT2D eigenvalue weighted by Gasteiger charge is -2.21. The first-order valence-electron chi connectivity index (χ1n) is 13.7. The molecule has 1 N–H and O–H groups in total. The Hall–Kier alpha value is -4.01. The van der Waals surface area contributed by atoms with E-state index in [0.717, 1.165) is 22.2 Å². The summed E-state index contributed by atoms with van der Waals surface area (Å²) in [5, 5.41) is 18.8. The standard InChI is InChI=1S/C28H28ClF3N8O3/c1-36-11-10-18-12-37(13-22(18)36)26(42)20-4-2-3-5-21(20)40-16-33-24(34-40)15-39-27(43)38(14-23(41)28(30,31)32)25(35-39)17-6-8-19(29)9-7-17/h2-9,16,18,22-23,41H,10-15H2,1H3/t18?,22?,23-/m0/s1. The number of alkyl halides is 3. The molecule has 2 aromatic carbocycles. The van der Waals surface area contributed by atoms with Gasteiger partial charge in [-0.1, -0.05) is 23.7 Å². The van der Waals surface area contributed by atoms with Gasteiger partial charge < -0.3 is 14.9 Å². The normalized spacial score (nSPS) is 19.6. The number of carbonyl (C=O) groups is 1. The molecular weight excluding hydrogens is 589 g/mol. The minimum Gasteiger partial charge on any atom is -0.382 e. The average molecular weight is 617 g/mol. The highest BCUT2D eigenvalue weighted by molar-refractivity contribution is 6.30. The topological polar surface area (TPSA) is 114 Å². The molecule has 3 atom stereocenters. The number of fused-ring (bicyclic) bond motifs is 1. The largest absolute Gasteiger partial charge is 0.416 e. The molecule has 0 spiro atoms. The van der Waals surface area contributed by atoms with Gasteiger partial charge in [0.2, 0.25) is 0 Å². The number of carbonyl (C=O) groups excluding carboxylic acids is 1. The van der Waals surface area contributed by atoms with Crippen molar-refractivity contribution < 1.29 is 23.1 Å². The Kier molecular flexibility index (Phi) is 7.60. The monoisotopic (exact) mass is 616 g/mol. The highest BCUT2D eigenvalue weighted by Gasteiger charge is 2.42. The van der Waals surface area contributed by atoms with Crippen LogP contribution in [0.4, 0.5) is 13.2 Å². The maximum Gasteiger partial charge on any atom is 0.416 e. The van der Waals surface area contributed by atoms with Gasteiger partial charge in [-0.15, -0.1) is 10.2 Å². The van der Waals surface area contributed by atoms with Gasteiger partial charge in [0.1, 0.15) is 12.9 Å². The van der Waals surface area contributed by atoms with E-state index in [2.05, 4.69) is 27.1 Å². The number of halogens is 4. The predicted molar refractivity (Wildman–Crippen MR) is 150 cm³/mol. The zero-order valence-electron chi connectivity index (χ0n) is 23.0. The molecule has 11 nitrogen and oxygen atoms in total. The van der Waals surface area contributed by atoms with E-state index < -0.39 is 24.5 Å². The van der Waals surface area contributed by atoms with Crippen molar-refractivity contribution in [3.8, 4) is 17.1 Å². The Morgan fingerprint density at radius 3 is 2.58 bits per heavy atom. The first-order chi connectivity index (χ1) is 20.5. The Balaban J connectivity index is 1.27. The molecule has 4 heterocycles. The van der Waals surface area contributed by atoms with Crippen LogP contribution in [0.25, 0.3) is 17.1 Å². The van der Waals surface area contributed by atoms with Gasteiger partial charge >= 0.3 is 11.9 Å². The van der Waals surface area contributed by atoms with Crippen LogP contribution in [-0.2, 0) is 13.1 Å². The van der Waals surface area contributed by atoms with Crippen molar-refractivity contribution in [1.29, 1.82) is 0 Å². The molecule has 4 aromatic rings. The van der Waals surface area contributed by atoms with Crippen molar-refractivity contribution in [3.63, 3.8) is 0 Å². The van der Waals surface area contributed by atoms with Crippen molar-refractivity contribution in [2.75, 3.05) is 26.7 Å². The number of likely N-dealkylation sites (tertiary alicyclic amines) is 2. The van der Waals surface area contributed by atoms with Gasteiger partial charge in [0, 0.05) is 29.7 Å². The molecule has 0 aliphatic carbocycles. The zero-order chi connectivity index (χ0) is 30.5. The molecule has 2 aliphatic heterocycles. The lowest BCUT2D eigenvalue weighted by atomic mass is 10.1. The SMILES string of the molecule is CN1CCC2CN(C(=O)c3ccccc3-n3cnc(Cn4nc(-c5ccc(Cl)cc5)n(C[C@H](O)C(F)(F)F)c4=O)n3)CC21. The van der Waals surface area contributed by atoms with E-state index in [0.29, 0.717) is 46.9 Å². The van der Waals surface area contributed by atoms with Crippen molar-refractivity contribution in [2.24, 2.45) is 5.92 Å². The zero-order valence-corrected chi connectivity index (χ0v) is 23.8. The summed E-state index contributed by atoms with van der Waals surface area (Å²) in [6.07, 6.45) is -5.25. The van der Waals surface area contributed by atoms with Crippen LogP contribution in [0.2, 0.25) is 5.02 Å². The second kappa shape index (κ2) is 11.2. The summed E-state index contributed by atoms with van der Waals surface area (Å²) in [7, 11) is 2.08. The summed E-state index contributed by atoms with van der Waals surface area (Å²) in [5.41, 5.74) is 0.404. The molecule has 1 amide bonds. The van der Waals surface area contributed by atoms with Gasteiger partial charge in [-0.2, -0.15) is 13.2 Å². The van der Waals surface area contributed by atoms with Crippen LogP contribution in [0.5, 0.6) is 0 Å². The summed E-state index contributed by atoms with van der Waals surface area (Å²) in [6.45, 7) is 1.06. The van der Waals surface area contributed by atoms with Crippen LogP contribution >= 0.6 is 11.6 Å². The van der Waals surface area contributed by atoms with Crippen LogP contribution in [-0.4, -0.2) is 94.9 Å². The summed E-state index contributed by atoms with van der Waals surface area (Å²) < 4.78 is 42.6. The van der Waals surface area contributed by atoms with Crippen LogP contribution in [0, 0.1) is 5.92 Å². The van der Waals surface area contributed by atoms with Crippen molar-refractivity contribution in [3.05, 3.63) is 81.8 Å². The summed E-state index contributed by atoms with van der Waals surface area (Å²) in [5.74, 6) is 0.403. The summed E-state index contributed by atoms with van der Waals surface area (Å²) in [6, 6.07) is 13.4. The number of likely N-dealkylation sites (N-methyl/N-ethyl adjacent to an activating group) is 1. The highest BCUT2D eigenvalue weighted by atomic mass is 35.5. The van der Waals surface area contributed by atoms with Crippen molar-refractivity contribution in [1.82, 2.24) is 38.9 Å². The maximum atomic E-state index is 13.6. The van der Waals surface area contributed by atoms with Gasteiger partial charge in [-0.05, 0) is 62.3 Å². The van der Waals surface area contributed by atoms with E-state index >= 15 is 0 Å². The molecule has 2 aliphatic rings. The quantitative estimate of drug-likeness (QED) is 0.340. The highest BCUT2D eigenvalue weighted by Crippen LogP contribution is 2.31. The third-order valence-corrected chi connectivity index (χ3v) is 8.33. The fraction of sp³-hybridized carbons (Fsp3) is 0.393. The lowest BCUT2D eigenvalue weighted by molar-refractivity contribution is -0.207. The van der Waals surface area contributed by atoms with E-state index in [1.807, 2.05) is 4.90 Å². The maximum absolute atomic E-state index is 13.6. The molecule has 15 heteroatoms. The van der Waals surface area contributed by atoms with Gasteiger partial charge in [0.05, 0.1) is 17.8 Å². The number of aliphatic hydroxyl groups excluding tert-OH is 1. The van der Waals surface area contributed by atoms with Crippen LogP contribution in [0.15, 0.2) is 59.7 Å².